The molecule has 0 aromatic rings. The Labute approximate surface area is 132 Å². The summed E-state index contributed by atoms with van der Waals surface area (Å²) in [6, 6.07) is 0. The van der Waals surface area contributed by atoms with Crippen LogP contribution in [-0.4, -0.2) is 64.3 Å². The summed E-state index contributed by atoms with van der Waals surface area (Å²) in [5.74, 6) is 0.473. The second-order valence-electron chi connectivity index (χ2n) is 6.32. The zero-order valence-corrected chi connectivity index (χ0v) is 13.7. The fraction of sp³-hybridized carbons (Fsp3) is 0.875. The molecule has 6 atom stereocenters. The van der Waals surface area contributed by atoms with Gasteiger partial charge in [0.25, 0.3) is 0 Å². The fourth-order valence-electron chi connectivity index (χ4n) is 2.39. The lowest BCUT2D eigenvalue weighted by Crippen LogP contribution is -2.59. The highest BCUT2D eigenvalue weighted by atomic mass is 16.7. The van der Waals surface area contributed by atoms with Gasteiger partial charge < -0.3 is 29.9 Å². The maximum atomic E-state index is 9.84. The lowest BCUT2D eigenvalue weighted by molar-refractivity contribution is -0.301. The molecule has 4 N–H and O–H groups in total. The molecule has 130 valence electrons. The first-order chi connectivity index (χ1) is 10.4. The minimum Gasteiger partial charge on any atom is -0.394 e. The predicted octanol–water partition coefficient (Wildman–Crippen LogP) is 0.575. The van der Waals surface area contributed by atoms with Crippen LogP contribution in [0, 0.1) is 5.92 Å². The van der Waals surface area contributed by atoms with Gasteiger partial charge in [0, 0.05) is 0 Å². The van der Waals surface area contributed by atoms with Gasteiger partial charge in [0.05, 0.1) is 13.2 Å². The number of aliphatic hydroxyl groups excluding tert-OH is 4. The van der Waals surface area contributed by atoms with Crippen LogP contribution in [0.1, 0.15) is 40.0 Å². The number of ether oxygens (including phenoxy) is 2. The maximum Gasteiger partial charge on any atom is 0.186 e. The third kappa shape index (κ3) is 5.95. The van der Waals surface area contributed by atoms with Gasteiger partial charge in [0.1, 0.15) is 24.4 Å². The molecule has 0 saturated carbocycles. The van der Waals surface area contributed by atoms with E-state index in [1.165, 1.54) is 5.57 Å². The molecule has 0 aromatic carbocycles. The minimum absolute atomic E-state index is 0.388. The zero-order chi connectivity index (χ0) is 16.7. The number of aliphatic hydroxyl groups is 4. The molecule has 1 aliphatic heterocycles. The molecule has 0 spiro atoms. The van der Waals surface area contributed by atoms with Crippen molar-refractivity contribution in [3.63, 3.8) is 0 Å². The van der Waals surface area contributed by atoms with Crippen LogP contribution >= 0.6 is 0 Å². The monoisotopic (exact) mass is 318 g/mol. The largest absolute Gasteiger partial charge is 0.394 e. The van der Waals surface area contributed by atoms with Gasteiger partial charge in [-0.3, -0.25) is 0 Å². The maximum absolute atomic E-state index is 9.84. The van der Waals surface area contributed by atoms with Crippen LogP contribution in [0.3, 0.4) is 0 Å². The summed E-state index contributed by atoms with van der Waals surface area (Å²) >= 11 is 0. The Balaban J connectivity index is 2.32. The lowest BCUT2D eigenvalue weighted by atomic mass is 9.99. The third-order valence-electron chi connectivity index (χ3n) is 3.95. The Morgan fingerprint density at radius 3 is 2.41 bits per heavy atom. The van der Waals surface area contributed by atoms with Crippen molar-refractivity contribution < 1.29 is 29.9 Å². The normalized spacial score (nSPS) is 33.5. The van der Waals surface area contributed by atoms with Gasteiger partial charge in [-0.1, -0.05) is 18.6 Å². The summed E-state index contributed by atoms with van der Waals surface area (Å²) in [7, 11) is 0. The van der Waals surface area contributed by atoms with Crippen LogP contribution in [0.15, 0.2) is 11.6 Å². The number of hydrogen-bond donors (Lipinski definition) is 4. The Bertz CT molecular complexity index is 340. The van der Waals surface area contributed by atoms with E-state index in [2.05, 4.69) is 26.8 Å². The van der Waals surface area contributed by atoms with E-state index in [9.17, 15) is 15.3 Å². The van der Waals surface area contributed by atoms with Crippen molar-refractivity contribution in [2.45, 2.75) is 70.7 Å². The average molecular weight is 318 g/mol. The average Bonchev–Trinajstić information content (AvgIpc) is 2.47. The van der Waals surface area contributed by atoms with Crippen LogP contribution in [0.25, 0.3) is 0 Å². The van der Waals surface area contributed by atoms with Gasteiger partial charge in [0.15, 0.2) is 6.29 Å². The van der Waals surface area contributed by atoms with Crippen molar-refractivity contribution in [2.24, 2.45) is 5.92 Å². The molecule has 0 bridgehead atoms. The summed E-state index contributed by atoms with van der Waals surface area (Å²) < 4.78 is 10.8. The minimum atomic E-state index is -1.38. The van der Waals surface area contributed by atoms with Gasteiger partial charge in [0.2, 0.25) is 0 Å². The highest BCUT2D eigenvalue weighted by Gasteiger charge is 2.43. The molecule has 6 heteroatoms. The first kappa shape index (κ1) is 19.5. The number of allylic oxidation sites excluding steroid dienone is 2. The predicted molar refractivity (Wildman–Crippen MR) is 82.2 cm³/mol. The van der Waals surface area contributed by atoms with Gasteiger partial charge >= 0.3 is 0 Å². The first-order valence-electron chi connectivity index (χ1n) is 7.92. The Morgan fingerprint density at radius 2 is 1.82 bits per heavy atom. The van der Waals surface area contributed by atoms with Crippen LogP contribution < -0.4 is 0 Å². The Morgan fingerprint density at radius 1 is 1.14 bits per heavy atom. The summed E-state index contributed by atoms with van der Waals surface area (Å²) in [5.41, 5.74) is 1.31. The van der Waals surface area contributed by atoms with E-state index in [-0.39, 0.29) is 0 Å². The molecule has 0 aliphatic carbocycles. The molecule has 0 amide bonds. The van der Waals surface area contributed by atoms with E-state index in [0.717, 1.165) is 19.3 Å². The van der Waals surface area contributed by atoms with Crippen molar-refractivity contribution >= 4 is 0 Å². The third-order valence-corrected chi connectivity index (χ3v) is 3.95. The van der Waals surface area contributed by atoms with E-state index in [1.807, 2.05) is 0 Å². The van der Waals surface area contributed by atoms with Gasteiger partial charge in [-0.05, 0) is 39.0 Å². The van der Waals surface area contributed by atoms with E-state index in [4.69, 9.17) is 14.6 Å². The van der Waals surface area contributed by atoms with Crippen LogP contribution in [0.4, 0.5) is 0 Å². The van der Waals surface area contributed by atoms with Crippen LogP contribution in [0.2, 0.25) is 0 Å². The topological polar surface area (TPSA) is 99.4 Å². The molecule has 22 heavy (non-hydrogen) atoms. The zero-order valence-electron chi connectivity index (χ0n) is 13.7. The Kier molecular flexibility index (Phi) is 8.53. The summed E-state index contributed by atoms with van der Waals surface area (Å²) in [6.45, 7) is 6.23. The van der Waals surface area contributed by atoms with E-state index < -0.39 is 37.3 Å². The number of rotatable bonds is 8. The standard InChI is InChI=1S/C16H30O6/c1-10(2)5-4-6-11(3)7-8-21-16-15(20)14(19)13(18)12(9-17)22-16/h5,11-20H,4,6-9H2,1-3H3/t11?,12-,13+,14+,15-,16-/m1/s1. The summed E-state index contributed by atoms with van der Waals surface area (Å²) in [4.78, 5) is 0. The van der Waals surface area contributed by atoms with Gasteiger partial charge in [-0.2, -0.15) is 0 Å². The number of hydrogen-bond acceptors (Lipinski definition) is 6. The molecule has 1 aliphatic rings. The molecular formula is C16H30O6. The highest BCUT2D eigenvalue weighted by Crippen LogP contribution is 2.22. The van der Waals surface area contributed by atoms with Crippen molar-refractivity contribution in [3.05, 3.63) is 11.6 Å². The SMILES string of the molecule is CC(C)=CCCC(C)CCO[C@@H]1O[C@H](CO)[C@H](O)[C@H](O)[C@H]1O. The van der Waals surface area contributed by atoms with E-state index in [1.54, 1.807) is 0 Å². The molecule has 1 rings (SSSR count). The first-order valence-corrected chi connectivity index (χ1v) is 7.92. The van der Waals surface area contributed by atoms with Gasteiger partial charge in [-0.15, -0.1) is 0 Å². The molecule has 1 heterocycles. The summed E-state index contributed by atoms with van der Waals surface area (Å²) in [5, 5.41) is 38.3. The molecule has 0 radical (unpaired) electrons. The molecular weight excluding hydrogens is 288 g/mol. The smallest absolute Gasteiger partial charge is 0.186 e. The van der Waals surface area contributed by atoms with Crippen LogP contribution in [0.5, 0.6) is 0 Å². The van der Waals surface area contributed by atoms with Gasteiger partial charge in [-0.25, -0.2) is 0 Å². The molecule has 0 aromatic heterocycles. The Hall–Kier alpha value is -0.500. The fourth-order valence-corrected chi connectivity index (χ4v) is 2.39. The van der Waals surface area contributed by atoms with Crippen molar-refractivity contribution in [3.8, 4) is 0 Å². The molecule has 1 unspecified atom stereocenters. The van der Waals surface area contributed by atoms with E-state index >= 15 is 0 Å². The second kappa shape index (κ2) is 9.60. The molecule has 1 saturated heterocycles. The second-order valence-corrected chi connectivity index (χ2v) is 6.32. The lowest BCUT2D eigenvalue weighted by Gasteiger charge is -2.39. The molecule has 1 fully saturated rings. The van der Waals surface area contributed by atoms with Crippen molar-refractivity contribution in [1.29, 1.82) is 0 Å². The summed E-state index contributed by atoms with van der Waals surface area (Å²) in [6.07, 6.45) is -0.889. The quantitative estimate of drug-likeness (QED) is 0.489. The van der Waals surface area contributed by atoms with Crippen molar-refractivity contribution in [1.82, 2.24) is 0 Å². The van der Waals surface area contributed by atoms with Crippen LogP contribution in [-0.2, 0) is 9.47 Å². The molecule has 6 nitrogen and oxygen atoms in total. The highest BCUT2D eigenvalue weighted by molar-refractivity contribution is 4.92. The van der Waals surface area contributed by atoms with Crippen molar-refractivity contribution in [2.75, 3.05) is 13.2 Å². The van der Waals surface area contributed by atoms with E-state index in [0.29, 0.717) is 12.5 Å².